The molecule has 0 bridgehead atoms. The van der Waals surface area contributed by atoms with Crippen molar-refractivity contribution in [2.24, 2.45) is 0 Å². The fraction of sp³-hybridized carbons (Fsp3) is 0.316. The number of carbonyl (C=O) groups is 1. The predicted molar refractivity (Wildman–Crippen MR) is 102 cm³/mol. The van der Waals surface area contributed by atoms with E-state index in [9.17, 15) is 4.79 Å². The van der Waals surface area contributed by atoms with Gasteiger partial charge in [-0.15, -0.1) is 0 Å². The molecule has 0 fully saturated rings. The maximum absolute atomic E-state index is 12.8. The third-order valence-electron chi connectivity index (χ3n) is 4.22. The highest BCUT2D eigenvalue weighted by atomic mass is 32.2. The minimum atomic E-state index is -0.291. The number of amides is 1. The third-order valence-corrected chi connectivity index (χ3v) is 5.19. The molecule has 0 radical (unpaired) electrons. The van der Waals surface area contributed by atoms with Crippen LogP contribution < -0.4 is 5.32 Å². The summed E-state index contributed by atoms with van der Waals surface area (Å²) in [6, 6.07) is 11.3. The zero-order valence-electron chi connectivity index (χ0n) is 14.9. The van der Waals surface area contributed by atoms with E-state index in [0.29, 0.717) is 5.76 Å². The van der Waals surface area contributed by atoms with Gasteiger partial charge in [-0.25, -0.2) is 4.68 Å². The van der Waals surface area contributed by atoms with Crippen molar-refractivity contribution in [2.45, 2.75) is 37.8 Å². The van der Waals surface area contributed by atoms with Crippen molar-refractivity contribution in [3.63, 3.8) is 0 Å². The molecule has 1 aromatic carbocycles. The Morgan fingerprint density at radius 2 is 2.00 bits per heavy atom. The number of nitrogens with one attached hydrogen (secondary N) is 1. The van der Waals surface area contributed by atoms with Crippen LogP contribution >= 0.6 is 11.8 Å². The molecule has 1 amide bonds. The number of anilines is 1. The van der Waals surface area contributed by atoms with E-state index in [4.69, 9.17) is 9.62 Å². The van der Waals surface area contributed by atoms with E-state index in [1.165, 1.54) is 0 Å². The van der Waals surface area contributed by atoms with Crippen LogP contribution in [0.4, 0.5) is 5.82 Å². The quantitative estimate of drug-likeness (QED) is 0.746. The van der Waals surface area contributed by atoms with Gasteiger partial charge < -0.3 is 9.84 Å². The number of fused-ring (bicyclic) bond motifs is 1. The molecule has 3 aromatic rings. The van der Waals surface area contributed by atoms with Crippen molar-refractivity contribution in [3.8, 4) is 11.3 Å². The Labute approximate surface area is 156 Å². The molecule has 1 aliphatic rings. The maximum Gasteiger partial charge on any atom is 0.279 e. The lowest BCUT2D eigenvalue weighted by Crippen LogP contribution is -2.27. The lowest BCUT2D eigenvalue weighted by atomic mass is 10.1. The first-order valence-electron chi connectivity index (χ1n) is 8.46. The highest BCUT2D eigenvalue weighted by Crippen LogP contribution is 2.37. The van der Waals surface area contributed by atoms with Gasteiger partial charge in [0.05, 0.1) is 11.2 Å². The summed E-state index contributed by atoms with van der Waals surface area (Å²) in [4.78, 5) is 12.8. The van der Waals surface area contributed by atoms with Crippen LogP contribution in [0.3, 0.4) is 0 Å². The lowest BCUT2D eigenvalue weighted by molar-refractivity contribution is 0.101. The number of benzene rings is 1. The number of thioether (sulfide) groups is 1. The van der Waals surface area contributed by atoms with Crippen molar-refractivity contribution in [1.82, 2.24) is 14.9 Å². The highest BCUT2D eigenvalue weighted by Gasteiger charge is 2.29. The van der Waals surface area contributed by atoms with Gasteiger partial charge in [-0.05, 0) is 20.8 Å². The van der Waals surface area contributed by atoms with Gasteiger partial charge in [0, 0.05) is 28.7 Å². The third kappa shape index (κ3) is 3.03. The molecule has 1 aliphatic heterocycles. The average Bonchev–Trinajstić information content (AvgIpc) is 3.31. The van der Waals surface area contributed by atoms with Gasteiger partial charge in [0.25, 0.3) is 5.91 Å². The van der Waals surface area contributed by atoms with Crippen LogP contribution in [-0.2, 0) is 17.0 Å². The van der Waals surface area contributed by atoms with Gasteiger partial charge in [0.15, 0.2) is 11.5 Å². The summed E-state index contributed by atoms with van der Waals surface area (Å²) in [6.07, 6.45) is 0. The maximum atomic E-state index is 12.8. The SMILES string of the molecule is CC(C)(C)n1nc2c(c1NC(=O)c1cc(-c3ccccc3)on1)CSC2. The summed E-state index contributed by atoms with van der Waals surface area (Å²) in [5.41, 5.74) is 3.06. The molecular weight excluding hydrogens is 348 g/mol. The van der Waals surface area contributed by atoms with Crippen molar-refractivity contribution in [2.75, 3.05) is 5.32 Å². The van der Waals surface area contributed by atoms with Gasteiger partial charge >= 0.3 is 0 Å². The fourth-order valence-corrected chi connectivity index (χ4v) is 3.95. The number of carbonyl (C=O) groups excluding carboxylic acids is 1. The van der Waals surface area contributed by atoms with Gasteiger partial charge in [0.1, 0.15) is 5.82 Å². The zero-order valence-corrected chi connectivity index (χ0v) is 15.8. The summed E-state index contributed by atoms with van der Waals surface area (Å²) in [6.45, 7) is 6.21. The molecule has 7 heteroatoms. The average molecular weight is 368 g/mol. The minimum Gasteiger partial charge on any atom is -0.355 e. The number of hydrogen-bond donors (Lipinski definition) is 1. The predicted octanol–water partition coefficient (Wildman–Crippen LogP) is 4.29. The molecule has 134 valence electrons. The number of hydrogen-bond acceptors (Lipinski definition) is 5. The standard InChI is InChI=1S/C19H20N4O2S/c1-19(2,3)23-17(13-10-26-11-15(13)21-23)20-18(24)14-9-16(25-22-14)12-7-5-4-6-8-12/h4-9H,10-11H2,1-3H3,(H,20,24). The van der Waals surface area contributed by atoms with Gasteiger partial charge in [-0.3, -0.25) is 4.79 Å². The van der Waals surface area contributed by atoms with Crippen LogP contribution in [0.15, 0.2) is 40.9 Å². The Morgan fingerprint density at radius 1 is 1.23 bits per heavy atom. The molecule has 6 nitrogen and oxygen atoms in total. The summed E-state index contributed by atoms with van der Waals surface area (Å²) in [5, 5.41) is 11.6. The monoisotopic (exact) mass is 368 g/mol. The fourth-order valence-electron chi connectivity index (χ4n) is 2.92. The van der Waals surface area contributed by atoms with Crippen LogP contribution in [0.2, 0.25) is 0 Å². The topological polar surface area (TPSA) is 73.0 Å². The zero-order chi connectivity index (χ0) is 18.3. The van der Waals surface area contributed by atoms with Crippen LogP contribution in [-0.4, -0.2) is 20.8 Å². The molecule has 26 heavy (non-hydrogen) atoms. The van der Waals surface area contributed by atoms with E-state index in [0.717, 1.165) is 34.1 Å². The van der Waals surface area contributed by atoms with E-state index in [2.05, 4.69) is 31.2 Å². The summed E-state index contributed by atoms with van der Waals surface area (Å²) < 4.78 is 7.24. The highest BCUT2D eigenvalue weighted by molar-refractivity contribution is 7.98. The summed E-state index contributed by atoms with van der Waals surface area (Å²) >= 11 is 1.81. The molecule has 0 spiro atoms. The first kappa shape index (κ1) is 16.9. The first-order chi connectivity index (χ1) is 12.4. The second kappa shape index (κ2) is 6.32. The van der Waals surface area contributed by atoms with Crippen LogP contribution in [0.1, 0.15) is 42.5 Å². The molecule has 4 rings (SSSR count). The number of aromatic nitrogens is 3. The minimum absolute atomic E-state index is 0.226. The molecule has 0 unspecified atom stereocenters. The largest absolute Gasteiger partial charge is 0.355 e. The Balaban J connectivity index is 1.63. The normalized spacial score (nSPS) is 13.7. The number of nitrogens with zero attached hydrogens (tertiary/aromatic N) is 3. The summed E-state index contributed by atoms with van der Waals surface area (Å²) in [5.74, 6) is 2.77. The molecule has 1 N–H and O–H groups in total. The van der Waals surface area contributed by atoms with Crippen molar-refractivity contribution in [1.29, 1.82) is 0 Å². The molecule has 0 aliphatic carbocycles. The molecule has 0 saturated heterocycles. The van der Waals surface area contributed by atoms with E-state index in [1.54, 1.807) is 17.8 Å². The Kier molecular flexibility index (Phi) is 4.11. The van der Waals surface area contributed by atoms with Crippen molar-refractivity contribution in [3.05, 3.63) is 53.3 Å². The second-order valence-corrected chi connectivity index (χ2v) is 8.23. The first-order valence-corrected chi connectivity index (χ1v) is 9.61. The molecular formula is C19H20N4O2S. The number of rotatable bonds is 3. The van der Waals surface area contributed by atoms with E-state index < -0.39 is 0 Å². The Bertz CT molecular complexity index is 954. The van der Waals surface area contributed by atoms with Gasteiger partial charge in [-0.1, -0.05) is 35.5 Å². The molecule has 2 aromatic heterocycles. The second-order valence-electron chi connectivity index (χ2n) is 7.25. The van der Waals surface area contributed by atoms with E-state index >= 15 is 0 Å². The van der Waals surface area contributed by atoms with Gasteiger partial charge in [0.2, 0.25) is 0 Å². The summed E-state index contributed by atoms with van der Waals surface area (Å²) in [7, 11) is 0. The van der Waals surface area contributed by atoms with Crippen LogP contribution in [0.5, 0.6) is 0 Å². The van der Waals surface area contributed by atoms with E-state index in [-0.39, 0.29) is 17.1 Å². The smallest absolute Gasteiger partial charge is 0.279 e. The van der Waals surface area contributed by atoms with Crippen molar-refractivity contribution >= 4 is 23.5 Å². The van der Waals surface area contributed by atoms with Crippen LogP contribution in [0, 0.1) is 0 Å². The Hall–Kier alpha value is -2.54. The Morgan fingerprint density at radius 3 is 2.73 bits per heavy atom. The molecule has 0 atom stereocenters. The lowest BCUT2D eigenvalue weighted by Gasteiger charge is -2.23. The van der Waals surface area contributed by atoms with Crippen molar-refractivity contribution < 1.29 is 9.32 Å². The van der Waals surface area contributed by atoms with E-state index in [1.807, 2.05) is 35.0 Å². The molecule has 0 saturated carbocycles. The van der Waals surface area contributed by atoms with Gasteiger partial charge in [-0.2, -0.15) is 16.9 Å². The molecule has 3 heterocycles. The van der Waals surface area contributed by atoms with Crippen LogP contribution in [0.25, 0.3) is 11.3 Å².